The Bertz CT molecular complexity index is 659. The predicted octanol–water partition coefficient (Wildman–Crippen LogP) is 2.22. The number of phenolic OH excluding ortho intramolecular Hbond substituents is 1. The van der Waals surface area contributed by atoms with Crippen LogP contribution in [-0.4, -0.2) is 58.4 Å². The fraction of sp³-hybridized carbons (Fsp3) is 0.579. The van der Waals surface area contributed by atoms with Gasteiger partial charge < -0.3 is 15.2 Å². The summed E-state index contributed by atoms with van der Waals surface area (Å²) in [4.78, 5) is 26.9. The molecule has 7 heteroatoms. The van der Waals surface area contributed by atoms with Gasteiger partial charge in [0.2, 0.25) is 0 Å². The van der Waals surface area contributed by atoms with E-state index in [-0.39, 0.29) is 41.3 Å². The molecule has 0 bridgehead atoms. The van der Waals surface area contributed by atoms with E-state index in [1.807, 2.05) is 32.7 Å². The highest BCUT2D eigenvalue weighted by Gasteiger charge is 2.41. The smallest absolute Gasteiger partial charge is 0.323 e. The van der Waals surface area contributed by atoms with E-state index in [4.69, 9.17) is 4.74 Å². The van der Waals surface area contributed by atoms with Crippen LogP contribution in [-0.2, 0) is 9.53 Å². The number of hydrogen-bond donors (Lipinski definition) is 3. The number of carbonyl (C=O) groups is 2. The molecule has 1 amide bonds. The molecule has 1 fully saturated rings. The van der Waals surface area contributed by atoms with Crippen LogP contribution in [0.25, 0.3) is 0 Å². The molecule has 1 saturated heterocycles. The molecule has 144 valence electrons. The Balaban J connectivity index is 2.05. The number of aromatic hydroxyl groups is 1. The summed E-state index contributed by atoms with van der Waals surface area (Å²) in [6.07, 6.45) is 1.43. The first-order chi connectivity index (χ1) is 12.1. The molecular weight excluding hydrogens is 352 g/mol. The molecule has 1 aliphatic heterocycles. The van der Waals surface area contributed by atoms with Crippen LogP contribution in [0.3, 0.4) is 0 Å². The van der Waals surface area contributed by atoms with Crippen molar-refractivity contribution in [3.8, 4) is 5.75 Å². The predicted molar refractivity (Wildman–Crippen MR) is 104 cm³/mol. The van der Waals surface area contributed by atoms with Gasteiger partial charge in [0.05, 0.1) is 11.6 Å². The number of nitrogens with zero attached hydrogens (tertiary/aromatic N) is 1. The lowest BCUT2D eigenvalue weighted by atomic mass is 10.1. The normalized spacial score (nSPS) is 22.0. The van der Waals surface area contributed by atoms with E-state index >= 15 is 0 Å². The van der Waals surface area contributed by atoms with Crippen molar-refractivity contribution >= 4 is 24.5 Å². The third-order valence-corrected chi connectivity index (χ3v) is 4.95. The Morgan fingerprint density at radius 3 is 2.58 bits per heavy atom. The minimum Gasteiger partial charge on any atom is -0.507 e. The zero-order valence-electron chi connectivity index (χ0n) is 15.7. The molecule has 2 rings (SSSR count). The molecule has 0 saturated carbocycles. The first-order valence-corrected chi connectivity index (χ1v) is 9.42. The molecule has 6 nitrogen and oxygen atoms in total. The van der Waals surface area contributed by atoms with Crippen molar-refractivity contribution in [2.24, 2.45) is 0 Å². The Morgan fingerprint density at radius 2 is 2.00 bits per heavy atom. The molecule has 0 radical (unpaired) electrons. The van der Waals surface area contributed by atoms with E-state index in [2.05, 4.69) is 17.9 Å². The van der Waals surface area contributed by atoms with E-state index in [0.29, 0.717) is 12.2 Å². The molecule has 3 atom stereocenters. The molecule has 1 aliphatic rings. The van der Waals surface area contributed by atoms with Crippen molar-refractivity contribution in [3.63, 3.8) is 0 Å². The SMILES string of the molecule is CN1[C@@H](C(=O)OC(C)(C)C)CC[C@H]1[C@H](CS)NC(=O)c1ccccc1O. The highest BCUT2D eigenvalue weighted by Crippen LogP contribution is 2.28. The van der Waals surface area contributed by atoms with Gasteiger partial charge in [-0.05, 0) is 52.8 Å². The number of hydrogen-bond acceptors (Lipinski definition) is 6. The number of amides is 1. The summed E-state index contributed by atoms with van der Waals surface area (Å²) < 4.78 is 5.50. The molecule has 0 spiro atoms. The van der Waals surface area contributed by atoms with Crippen LogP contribution in [0, 0.1) is 0 Å². The van der Waals surface area contributed by atoms with E-state index < -0.39 is 5.60 Å². The van der Waals surface area contributed by atoms with Crippen molar-refractivity contribution < 1.29 is 19.4 Å². The minimum absolute atomic E-state index is 0.0279. The first kappa shape index (κ1) is 20.6. The number of rotatable bonds is 5. The summed E-state index contributed by atoms with van der Waals surface area (Å²) in [5, 5.41) is 12.8. The van der Waals surface area contributed by atoms with Gasteiger partial charge in [-0.25, -0.2) is 0 Å². The van der Waals surface area contributed by atoms with Crippen LogP contribution in [0.15, 0.2) is 24.3 Å². The van der Waals surface area contributed by atoms with Crippen LogP contribution in [0.2, 0.25) is 0 Å². The molecule has 1 aromatic rings. The van der Waals surface area contributed by atoms with Crippen LogP contribution >= 0.6 is 12.6 Å². The standard InChI is InChI=1S/C19H28N2O4S/c1-19(2,3)25-18(24)15-10-9-14(21(15)4)13(11-26)20-17(23)12-7-5-6-8-16(12)22/h5-8,13-15,22,26H,9-11H2,1-4H3,(H,20,23)/t13-,14-,15+/m0/s1. The summed E-state index contributed by atoms with van der Waals surface area (Å²) in [5.41, 5.74) is -0.304. The number of esters is 1. The van der Waals surface area contributed by atoms with Gasteiger partial charge in [0.25, 0.3) is 5.91 Å². The molecule has 2 N–H and O–H groups in total. The van der Waals surface area contributed by atoms with E-state index in [0.717, 1.165) is 6.42 Å². The van der Waals surface area contributed by atoms with Gasteiger partial charge in [0, 0.05) is 11.8 Å². The summed E-state index contributed by atoms with van der Waals surface area (Å²) >= 11 is 4.37. The third kappa shape index (κ3) is 4.92. The molecular formula is C19H28N2O4S. The molecule has 1 aromatic carbocycles. The second-order valence-electron chi connectivity index (χ2n) is 7.64. The van der Waals surface area contributed by atoms with Crippen molar-refractivity contribution in [2.45, 2.75) is 57.3 Å². The number of thiol groups is 1. The number of likely N-dealkylation sites (tertiary alicyclic amines) is 1. The van der Waals surface area contributed by atoms with Gasteiger partial charge in [0.15, 0.2) is 0 Å². The number of phenols is 1. The lowest BCUT2D eigenvalue weighted by Gasteiger charge is -2.32. The Hall–Kier alpha value is -1.73. The largest absolute Gasteiger partial charge is 0.507 e. The van der Waals surface area contributed by atoms with E-state index in [1.165, 1.54) is 6.07 Å². The maximum Gasteiger partial charge on any atom is 0.323 e. The number of para-hydroxylation sites is 1. The quantitative estimate of drug-likeness (QED) is 0.539. The second-order valence-corrected chi connectivity index (χ2v) is 8.00. The van der Waals surface area contributed by atoms with Crippen LogP contribution in [0.1, 0.15) is 44.0 Å². The number of carbonyl (C=O) groups excluding carboxylic acids is 2. The third-order valence-electron chi connectivity index (χ3n) is 4.56. The second kappa shape index (κ2) is 8.31. The number of ether oxygens (including phenoxy) is 1. The van der Waals surface area contributed by atoms with Crippen LogP contribution in [0.4, 0.5) is 0 Å². The summed E-state index contributed by atoms with van der Waals surface area (Å²) in [6, 6.07) is 5.81. The maximum absolute atomic E-state index is 12.5. The Kier molecular flexibility index (Phi) is 6.58. The monoisotopic (exact) mass is 380 g/mol. The average molecular weight is 381 g/mol. The van der Waals surface area contributed by atoms with Gasteiger partial charge >= 0.3 is 5.97 Å². The molecule has 1 heterocycles. The highest BCUT2D eigenvalue weighted by atomic mass is 32.1. The zero-order chi connectivity index (χ0) is 19.5. The fourth-order valence-corrected chi connectivity index (χ4v) is 3.62. The van der Waals surface area contributed by atoms with Gasteiger partial charge in [-0.15, -0.1) is 0 Å². The van der Waals surface area contributed by atoms with Gasteiger partial charge in [0.1, 0.15) is 17.4 Å². The summed E-state index contributed by atoms with van der Waals surface area (Å²) in [5.74, 6) is -0.229. The van der Waals surface area contributed by atoms with Crippen LogP contribution in [0.5, 0.6) is 5.75 Å². The molecule has 0 unspecified atom stereocenters. The van der Waals surface area contributed by atoms with Gasteiger partial charge in [-0.1, -0.05) is 12.1 Å². The van der Waals surface area contributed by atoms with Crippen LogP contribution < -0.4 is 5.32 Å². The molecule has 0 aromatic heterocycles. The molecule has 0 aliphatic carbocycles. The van der Waals surface area contributed by atoms with Gasteiger partial charge in [-0.2, -0.15) is 12.6 Å². The van der Waals surface area contributed by atoms with Gasteiger partial charge in [-0.3, -0.25) is 14.5 Å². The van der Waals surface area contributed by atoms with Crippen molar-refractivity contribution in [3.05, 3.63) is 29.8 Å². The molecule has 26 heavy (non-hydrogen) atoms. The lowest BCUT2D eigenvalue weighted by Crippen LogP contribution is -2.52. The zero-order valence-corrected chi connectivity index (χ0v) is 16.6. The maximum atomic E-state index is 12.5. The Morgan fingerprint density at radius 1 is 1.35 bits per heavy atom. The van der Waals surface area contributed by atoms with E-state index in [9.17, 15) is 14.7 Å². The number of benzene rings is 1. The highest BCUT2D eigenvalue weighted by molar-refractivity contribution is 7.80. The van der Waals surface area contributed by atoms with Crippen molar-refractivity contribution in [2.75, 3.05) is 12.8 Å². The number of nitrogens with one attached hydrogen (secondary N) is 1. The first-order valence-electron chi connectivity index (χ1n) is 8.78. The Labute approximate surface area is 160 Å². The van der Waals surface area contributed by atoms with E-state index in [1.54, 1.807) is 18.2 Å². The minimum atomic E-state index is -0.530. The van der Waals surface area contributed by atoms with Crippen molar-refractivity contribution in [1.82, 2.24) is 10.2 Å². The summed E-state index contributed by atoms with van der Waals surface area (Å²) in [6.45, 7) is 5.54. The number of likely N-dealkylation sites (N-methyl/N-ethyl adjacent to an activating group) is 1. The average Bonchev–Trinajstić information content (AvgIpc) is 2.93. The lowest BCUT2D eigenvalue weighted by molar-refractivity contribution is -0.160. The fourth-order valence-electron chi connectivity index (χ4n) is 3.28. The summed E-state index contributed by atoms with van der Waals surface area (Å²) in [7, 11) is 1.87. The topological polar surface area (TPSA) is 78.9 Å². The van der Waals surface area contributed by atoms with Crippen molar-refractivity contribution in [1.29, 1.82) is 0 Å².